The van der Waals surface area contributed by atoms with E-state index < -0.39 is 0 Å². The van der Waals surface area contributed by atoms with E-state index in [0.29, 0.717) is 0 Å². The van der Waals surface area contributed by atoms with Crippen LogP contribution in [0.2, 0.25) is 0 Å². The summed E-state index contributed by atoms with van der Waals surface area (Å²) in [6.07, 6.45) is 1.98. The molecular formula is C13H19NOS. The van der Waals surface area contributed by atoms with Crippen molar-refractivity contribution in [2.24, 2.45) is 0 Å². The molecular weight excluding hydrogens is 218 g/mol. The molecule has 0 bridgehead atoms. The summed E-state index contributed by atoms with van der Waals surface area (Å²) in [5, 5.41) is 0. The zero-order valence-corrected chi connectivity index (χ0v) is 10.8. The van der Waals surface area contributed by atoms with Crippen LogP contribution in [0.3, 0.4) is 0 Å². The van der Waals surface area contributed by atoms with Gasteiger partial charge in [-0.05, 0) is 31.0 Å². The number of hydrogen-bond acceptors (Lipinski definition) is 2. The highest BCUT2D eigenvalue weighted by Crippen LogP contribution is 2.12. The van der Waals surface area contributed by atoms with Crippen LogP contribution in [0.1, 0.15) is 37.0 Å². The Morgan fingerprint density at radius 3 is 2.38 bits per heavy atom. The number of carbonyl (C=O) groups is 1. The number of thiol groups is 1. The molecule has 0 aliphatic heterocycles. The molecule has 0 fully saturated rings. The summed E-state index contributed by atoms with van der Waals surface area (Å²) in [5.74, 6) is 0.111. The molecule has 0 spiro atoms. The fourth-order valence-electron chi connectivity index (χ4n) is 1.68. The molecule has 0 atom stereocenters. The van der Waals surface area contributed by atoms with Gasteiger partial charge in [-0.3, -0.25) is 4.79 Å². The highest BCUT2D eigenvalue weighted by Gasteiger charge is 2.13. The molecule has 0 saturated heterocycles. The van der Waals surface area contributed by atoms with E-state index in [0.717, 1.165) is 36.4 Å². The maximum absolute atomic E-state index is 12.2. The predicted molar refractivity (Wildman–Crippen MR) is 70.2 cm³/mol. The molecule has 0 unspecified atom stereocenters. The lowest BCUT2D eigenvalue weighted by molar-refractivity contribution is 0.0755. The van der Waals surface area contributed by atoms with Crippen LogP contribution in [-0.2, 0) is 0 Å². The van der Waals surface area contributed by atoms with Gasteiger partial charge in [0.2, 0.25) is 0 Å². The standard InChI is InChI=1S/C13H19NOS/c1-3-8-14(9-4-2)13(15)11-6-5-7-12(16)10-11/h5-7,10,16H,3-4,8-9H2,1-2H3. The van der Waals surface area contributed by atoms with E-state index >= 15 is 0 Å². The maximum Gasteiger partial charge on any atom is 0.253 e. The van der Waals surface area contributed by atoms with Gasteiger partial charge in [0.15, 0.2) is 0 Å². The Bertz CT molecular complexity index is 346. The third-order valence-corrected chi connectivity index (χ3v) is 2.65. The molecule has 0 radical (unpaired) electrons. The number of benzene rings is 1. The lowest BCUT2D eigenvalue weighted by Gasteiger charge is -2.21. The second kappa shape index (κ2) is 6.59. The van der Waals surface area contributed by atoms with Crippen LogP contribution in [0.5, 0.6) is 0 Å². The smallest absolute Gasteiger partial charge is 0.253 e. The minimum Gasteiger partial charge on any atom is -0.339 e. The first-order valence-corrected chi connectivity index (χ1v) is 6.22. The fraction of sp³-hybridized carbons (Fsp3) is 0.462. The van der Waals surface area contributed by atoms with E-state index in [1.165, 1.54) is 0 Å². The molecule has 1 aromatic rings. The first kappa shape index (κ1) is 13.1. The van der Waals surface area contributed by atoms with E-state index in [1.54, 1.807) is 0 Å². The van der Waals surface area contributed by atoms with Crippen molar-refractivity contribution in [2.75, 3.05) is 13.1 Å². The molecule has 1 amide bonds. The van der Waals surface area contributed by atoms with Gasteiger partial charge < -0.3 is 4.90 Å². The van der Waals surface area contributed by atoms with Gasteiger partial charge in [0.1, 0.15) is 0 Å². The minimum absolute atomic E-state index is 0.111. The van der Waals surface area contributed by atoms with Crippen LogP contribution >= 0.6 is 12.6 Å². The van der Waals surface area contributed by atoms with Crippen molar-refractivity contribution in [2.45, 2.75) is 31.6 Å². The Hall–Kier alpha value is -0.960. The van der Waals surface area contributed by atoms with Crippen molar-refractivity contribution < 1.29 is 4.79 Å². The predicted octanol–water partition coefficient (Wildman–Crippen LogP) is 3.24. The molecule has 1 aromatic carbocycles. The largest absolute Gasteiger partial charge is 0.339 e. The summed E-state index contributed by atoms with van der Waals surface area (Å²) in [5.41, 5.74) is 0.731. The topological polar surface area (TPSA) is 20.3 Å². The number of nitrogens with zero attached hydrogens (tertiary/aromatic N) is 1. The molecule has 0 N–H and O–H groups in total. The van der Waals surface area contributed by atoms with Crippen LogP contribution < -0.4 is 0 Å². The third-order valence-electron chi connectivity index (χ3n) is 2.37. The van der Waals surface area contributed by atoms with E-state index in [-0.39, 0.29) is 5.91 Å². The van der Waals surface area contributed by atoms with Crippen molar-refractivity contribution in [1.29, 1.82) is 0 Å². The minimum atomic E-state index is 0.111. The van der Waals surface area contributed by atoms with Crippen LogP contribution in [0.4, 0.5) is 0 Å². The Kier molecular flexibility index (Phi) is 5.39. The highest BCUT2D eigenvalue weighted by molar-refractivity contribution is 7.80. The maximum atomic E-state index is 12.2. The zero-order valence-electron chi connectivity index (χ0n) is 9.94. The van der Waals surface area contributed by atoms with Crippen LogP contribution in [0, 0.1) is 0 Å². The number of carbonyl (C=O) groups excluding carboxylic acids is 1. The quantitative estimate of drug-likeness (QED) is 0.780. The molecule has 88 valence electrons. The highest BCUT2D eigenvalue weighted by atomic mass is 32.1. The monoisotopic (exact) mass is 237 g/mol. The molecule has 0 heterocycles. The molecule has 2 nitrogen and oxygen atoms in total. The molecule has 0 aromatic heterocycles. The Morgan fingerprint density at radius 1 is 1.25 bits per heavy atom. The van der Waals surface area contributed by atoms with Crippen LogP contribution in [0.25, 0.3) is 0 Å². The van der Waals surface area contributed by atoms with E-state index in [1.807, 2.05) is 29.2 Å². The Balaban J connectivity index is 2.81. The second-order valence-corrected chi connectivity index (χ2v) is 4.36. The van der Waals surface area contributed by atoms with Crippen molar-refractivity contribution in [3.05, 3.63) is 29.8 Å². The second-order valence-electron chi connectivity index (χ2n) is 3.84. The number of hydrogen-bond donors (Lipinski definition) is 1. The summed E-state index contributed by atoms with van der Waals surface area (Å²) in [4.78, 5) is 14.9. The lowest BCUT2D eigenvalue weighted by Crippen LogP contribution is -2.32. The lowest BCUT2D eigenvalue weighted by atomic mass is 10.2. The van der Waals surface area contributed by atoms with Gasteiger partial charge in [-0.25, -0.2) is 0 Å². The first-order chi connectivity index (χ1) is 7.69. The van der Waals surface area contributed by atoms with Crippen molar-refractivity contribution in [3.63, 3.8) is 0 Å². The summed E-state index contributed by atoms with van der Waals surface area (Å²) >= 11 is 4.25. The zero-order chi connectivity index (χ0) is 12.0. The van der Waals surface area contributed by atoms with Crippen LogP contribution in [-0.4, -0.2) is 23.9 Å². The molecule has 16 heavy (non-hydrogen) atoms. The van der Waals surface area contributed by atoms with Gasteiger partial charge in [-0.1, -0.05) is 19.9 Å². The van der Waals surface area contributed by atoms with Gasteiger partial charge >= 0.3 is 0 Å². The third kappa shape index (κ3) is 3.56. The number of amides is 1. The van der Waals surface area contributed by atoms with Crippen molar-refractivity contribution >= 4 is 18.5 Å². The molecule has 0 saturated carbocycles. The molecule has 0 aliphatic rings. The van der Waals surface area contributed by atoms with Gasteiger partial charge in [-0.2, -0.15) is 0 Å². The van der Waals surface area contributed by atoms with E-state index in [2.05, 4.69) is 26.5 Å². The summed E-state index contributed by atoms with van der Waals surface area (Å²) in [7, 11) is 0. The van der Waals surface area contributed by atoms with Gasteiger partial charge in [0, 0.05) is 23.5 Å². The van der Waals surface area contributed by atoms with Gasteiger partial charge in [-0.15, -0.1) is 12.6 Å². The van der Waals surface area contributed by atoms with Gasteiger partial charge in [0.05, 0.1) is 0 Å². The average molecular weight is 237 g/mol. The average Bonchev–Trinajstić information content (AvgIpc) is 2.28. The molecule has 1 rings (SSSR count). The Labute approximate surface area is 103 Å². The van der Waals surface area contributed by atoms with Crippen molar-refractivity contribution in [3.8, 4) is 0 Å². The molecule has 3 heteroatoms. The normalized spacial score (nSPS) is 10.2. The van der Waals surface area contributed by atoms with Gasteiger partial charge in [0.25, 0.3) is 5.91 Å². The first-order valence-electron chi connectivity index (χ1n) is 5.77. The summed E-state index contributed by atoms with van der Waals surface area (Å²) in [6, 6.07) is 7.42. The fourth-order valence-corrected chi connectivity index (χ4v) is 1.90. The van der Waals surface area contributed by atoms with Crippen LogP contribution in [0.15, 0.2) is 29.2 Å². The molecule has 0 aliphatic carbocycles. The summed E-state index contributed by atoms with van der Waals surface area (Å²) < 4.78 is 0. The Morgan fingerprint density at radius 2 is 1.88 bits per heavy atom. The SMILES string of the molecule is CCCN(CCC)C(=O)c1cccc(S)c1. The van der Waals surface area contributed by atoms with E-state index in [9.17, 15) is 4.79 Å². The number of rotatable bonds is 5. The van der Waals surface area contributed by atoms with Crippen molar-refractivity contribution in [1.82, 2.24) is 4.90 Å². The van der Waals surface area contributed by atoms with E-state index in [4.69, 9.17) is 0 Å². The summed E-state index contributed by atoms with van der Waals surface area (Å²) in [6.45, 7) is 5.82.